The number of nitrogens with zero attached hydrogens (tertiary/aromatic N) is 5. The van der Waals surface area contributed by atoms with Crippen LogP contribution in [0, 0.1) is 20.0 Å². The molecule has 0 bridgehead atoms. The summed E-state index contributed by atoms with van der Waals surface area (Å²) >= 11 is 0. The van der Waals surface area contributed by atoms with Crippen molar-refractivity contribution >= 4 is 83.5 Å². The lowest BCUT2D eigenvalue weighted by molar-refractivity contribution is -0.571. The molecule has 4 aromatic heterocycles. The summed E-state index contributed by atoms with van der Waals surface area (Å²) in [5, 5.41) is -3.22. The first-order chi connectivity index (χ1) is 66.2. The minimum atomic E-state index is -6.77. The van der Waals surface area contributed by atoms with Crippen molar-refractivity contribution < 1.29 is 69.6 Å². The van der Waals surface area contributed by atoms with Gasteiger partial charge in [0.05, 0.1) is 80.3 Å². The molecule has 17 rings (SSSR count). The number of pyridine rings is 1. The Morgan fingerprint density at radius 3 is 1.80 bits per heavy atom. The number of benzene rings is 12. The highest BCUT2D eigenvalue weighted by Crippen LogP contribution is 2.49. The van der Waals surface area contributed by atoms with Crippen LogP contribution in [0.4, 0.5) is 0 Å². The molecule has 12 aromatic carbocycles. The van der Waals surface area contributed by atoms with E-state index in [1.165, 1.54) is 65.2 Å². The van der Waals surface area contributed by atoms with Crippen LogP contribution in [0.1, 0.15) is 149 Å². The van der Waals surface area contributed by atoms with Crippen LogP contribution in [-0.4, -0.2) is 26.8 Å². The maximum absolute atomic E-state index is 11.1. The first-order valence-electron chi connectivity index (χ1n) is 53.1. The smallest absolute Gasteiger partial charge is 0.269 e. The number of para-hydroxylation sites is 5. The SMILES string of the molecule is [2H]c1c([2H])c([2H])c([Si](c2c([2H])c([2H])c([2H])c([2H])c2[2H])(c2c([2H])c([2H])c([2H])c([2H])c2[2H])c2c([2H])c([2H])c([2H])c(-c3cccc(-c4c([2H])c([2H])c5c(c4[2H])C(C([2H])([2H])[2H])(C([2H])([2H])[2H])C([2H])([2H])C([2H])([2H])C5(C([2H])([2H])[2H])C([2H])([2H])[2H])c3-[n+]3[c-]n(-c4cccc(Oc5ccc6c7c(-n8c9c(C([2H])([2H])[2H])cccc9c9cccc(C([2H])([2H])[2H])c98)cccc7n(-c7cc(C(C)(C)C)ccn7)c6c5)c4)c4ccccc43)c2[2H])c([2H])c1[2H]. The van der Waals surface area contributed by atoms with Gasteiger partial charge in [0, 0.05) is 64.0 Å². The third-order valence-corrected chi connectivity index (χ3v) is 21.9. The van der Waals surface area contributed by atoms with E-state index in [2.05, 4.69) is 6.33 Å². The maximum Gasteiger partial charge on any atom is 0.269 e. The Balaban J connectivity index is 0.994. The standard InChI is InChI=1S/C92H79N5OSi/c1-61-27-21-41-75-76-42-22-28-62(2)88(76)97(87(61)75)83-46-26-45-82-86(83)77-49-48-68(59-84(77)96(82)85-57-65(51-54-93-85)90(3,4)5)98-67-31-24-30-66(58-67)94-60-95(81-44-20-19-43-80(81)94)89-73(39-25-40-74(89)64-47-50-78-79(56-64)92(8,9)53-52-91(78,6)7)63-29-23-38-72(55-63)99(69-32-13-10-14-33-69,70-34-15-11-16-35-70)71-36-17-12-18-37-71/h10-51,54-59H,52-53H2,1-9H3/i1D3,2D3,6D3,7D3,8D3,9D3,10D,11D,12D,13D,14D,15D,16D,17D,18D,23D,29D,32D,33D,34D,35D,36D,37D,38D,47D,50D,52D2,53D2,55D,56D. The van der Waals surface area contributed by atoms with Crippen LogP contribution >= 0.6 is 0 Å². The molecule has 0 aliphatic heterocycles. The number of hydrogen-bond donors (Lipinski definition) is 0. The van der Waals surface area contributed by atoms with Gasteiger partial charge < -0.3 is 9.30 Å². The van der Waals surface area contributed by atoms with E-state index < -0.39 is 271 Å². The second-order valence-corrected chi connectivity index (χ2v) is 28.4. The molecular weight excluding hydrogens is 1220 g/mol. The highest BCUT2D eigenvalue weighted by molar-refractivity contribution is 7.20. The monoisotopic (exact) mass is 1340 g/mol. The molecule has 482 valence electrons. The van der Waals surface area contributed by atoms with Crippen molar-refractivity contribution in [2.45, 2.75) is 90.9 Å². The zero-order valence-electron chi connectivity index (χ0n) is 96.7. The van der Waals surface area contributed by atoms with E-state index in [0.29, 0.717) is 44.1 Å². The molecule has 0 unspecified atom stereocenters. The average Bonchev–Trinajstić information content (AvgIpc) is 0.927. The van der Waals surface area contributed by atoms with E-state index in [1.807, 2.05) is 43.5 Å². The average molecular weight is 1340 g/mol. The summed E-state index contributed by atoms with van der Waals surface area (Å²) in [5.41, 5.74) is -16.2. The fraction of sp³-hybridized carbons (Fsp3) is 0.152. The molecule has 16 aromatic rings. The lowest BCUT2D eigenvalue weighted by Gasteiger charge is -2.42. The second kappa shape index (κ2) is 23.6. The zero-order valence-corrected chi connectivity index (χ0v) is 53.7. The lowest BCUT2D eigenvalue weighted by Crippen LogP contribution is -2.74. The molecule has 0 radical (unpaired) electrons. The molecular formula is C92H79N5OSi. The van der Waals surface area contributed by atoms with E-state index in [-0.39, 0.29) is 50.4 Å². The predicted molar refractivity (Wildman–Crippen MR) is 415 cm³/mol. The molecule has 0 amide bonds. The van der Waals surface area contributed by atoms with E-state index >= 15 is 0 Å². The number of hydrogen-bond acceptors (Lipinski definition) is 2. The molecule has 4 heterocycles. The summed E-state index contributed by atoms with van der Waals surface area (Å²) < 4.78 is 430. The van der Waals surface area contributed by atoms with Crippen LogP contribution in [0.3, 0.4) is 0 Å². The molecule has 0 N–H and O–H groups in total. The lowest BCUT2D eigenvalue weighted by atomic mass is 9.63. The number of imidazole rings is 1. The van der Waals surface area contributed by atoms with Crippen molar-refractivity contribution in [2.24, 2.45) is 0 Å². The molecule has 1 aliphatic rings. The predicted octanol–water partition coefficient (Wildman–Crippen LogP) is 20.1. The number of aromatic nitrogens is 5. The summed E-state index contributed by atoms with van der Waals surface area (Å²) in [7, 11) is -6.77. The number of ether oxygens (including phenoxy) is 1. The van der Waals surface area contributed by atoms with Gasteiger partial charge in [-0.3, -0.25) is 13.7 Å². The van der Waals surface area contributed by atoms with Crippen LogP contribution in [-0.2, 0) is 16.2 Å². The molecule has 99 heavy (non-hydrogen) atoms. The number of aryl methyl sites for hydroxylation is 2. The van der Waals surface area contributed by atoms with Gasteiger partial charge in [-0.25, -0.2) is 4.98 Å². The van der Waals surface area contributed by atoms with Gasteiger partial charge in [-0.1, -0.05) is 272 Å². The molecule has 0 saturated heterocycles. The number of rotatable bonds is 12. The van der Waals surface area contributed by atoms with Crippen molar-refractivity contribution in [3.8, 4) is 56.6 Å². The van der Waals surface area contributed by atoms with Crippen LogP contribution < -0.4 is 30.1 Å². The van der Waals surface area contributed by atoms with Crippen molar-refractivity contribution in [1.29, 1.82) is 0 Å². The van der Waals surface area contributed by atoms with Gasteiger partial charge in [-0.2, -0.15) is 0 Å². The van der Waals surface area contributed by atoms with Gasteiger partial charge in [0.15, 0.2) is 8.07 Å². The Bertz CT molecular complexity index is 7830. The Morgan fingerprint density at radius 2 is 1.13 bits per heavy atom. The molecule has 0 saturated carbocycles. The second-order valence-electron chi connectivity index (χ2n) is 24.9. The van der Waals surface area contributed by atoms with Crippen molar-refractivity contribution in [1.82, 2.24) is 18.7 Å². The van der Waals surface area contributed by atoms with Crippen LogP contribution in [0.2, 0.25) is 0 Å². The quantitative estimate of drug-likeness (QED) is 0.0529. The normalized spacial score (nSPS) is 22.0. The first kappa shape index (κ1) is 30.3. The van der Waals surface area contributed by atoms with Crippen molar-refractivity contribution in [3.05, 3.63) is 325 Å². The van der Waals surface area contributed by atoms with Gasteiger partial charge in [0.25, 0.3) is 6.33 Å². The van der Waals surface area contributed by atoms with E-state index in [9.17, 15) is 39.8 Å². The van der Waals surface area contributed by atoms with E-state index in [4.69, 9.17) is 30.3 Å². The van der Waals surface area contributed by atoms with Crippen LogP contribution in [0.15, 0.2) is 291 Å². The Morgan fingerprint density at radius 1 is 0.525 bits per heavy atom. The highest BCUT2D eigenvalue weighted by atomic mass is 28.3. The fourth-order valence-electron chi connectivity index (χ4n) is 13.5. The maximum atomic E-state index is 11.1. The van der Waals surface area contributed by atoms with Crippen molar-refractivity contribution in [3.63, 3.8) is 0 Å². The molecule has 0 atom stereocenters. The fourth-order valence-corrected chi connectivity index (χ4v) is 17.0. The van der Waals surface area contributed by atoms with Crippen molar-refractivity contribution in [2.75, 3.05) is 0 Å². The number of fused-ring (bicyclic) bond motifs is 8. The first-order valence-corrected chi connectivity index (χ1v) is 33.1. The molecule has 7 heteroatoms. The summed E-state index contributed by atoms with van der Waals surface area (Å²) in [6, 6.07) is 7.85. The minimum Gasteiger partial charge on any atom is -0.458 e. The Hall–Kier alpha value is -11.1. The topological polar surface area (TPSA) is 40.8 Å². The minimum absolute atomic E-state index is 0.0242. The largest absolute Gasteiger partial charge is 0.458 e. The summed E-state index contributed by atoms with van der Waals surface area (Å²) in [4.78, 5) is 4.93. The van der Waals surface area contributed by atoms with Crippen LogP contribution in [0.5, 0.6) is 11.5 Å². The van der Waals surface area contributed by atoms with Gasteiger partial charge in [0.2, 0.25) is 0 Å². The van der Waals surface area contributed by atoms with Gasteiger partial charge in [0.1, 0.15) is 17.3 Å². The summed E-state index contributed by atoms with van der Waals surface area (Å²) in [6.07, 6.45) is -4.89. The molecule has 0 fully saturated rings. The molecule has 0 spiro atoms. The third kappa shape index (κ3) is 10.1. The van der Waals surface area contributed by atoms with Gasteiger partial charge >= 0.3 is 0 Å². The van der Waals surface area contributed by atoms with E-state index in [1.54, 1.807) is 65.4 Å². The molecule has 6 nitrogen and oxygen atoms in total. The summed E-state index contributed by atoms with van der Waals surface area (Å²) in [5.74, 6) is 0.555. The van der Waals surface area contributed by atoms with Gasteiger partial charge in [-0.15, -0.1) is 0 Å². The van der Waals surface area contributed by atoms with Gasteiger partial charge in [-0.05, 0) is 168 Å². The summed E-state index contributed by atoms with van der Waals surface area (Å²) in [6.45, 7) is -17.8. The van der Waals surface area contributed by atoms with Crippen LogP contribution in [0.25, 0.3) is 99.8 Å². The molecule has 1 aliphatic carbocycles. The Kier molecular flexibility index (Phi) is 7.22. The zero-order chi connectivity index (χ0) is 105. The Labute approximate surface area is 643 Å². The third-order valence-electron chi connectivity index (χ3n) is 17.9. The van der Waals surface area contributed by atoms with E-state index in [0.717, 1.165) is 28.3 Å². The highest BCUT2D eigenvalue weighted by Gasteiger charge is 2.42.